The molecule has 1 aromatic rings. The number of nitrogens with zero attached hydrogens (tertiary/aromatic N) is 2. The van der Waals surface area contributed by atoms with Gasteiger partial charge in [-0.05, 0) is 18.2 Å². The van der Waals surface area contributed by atoms with Gasteiger partial charge in [-0.1, -0.05) is 13.0 Å². The summed E-state index contributed by atoms with van der Waals surface area (Å²) in [4.78, 5) is 29.3. The Labute approximate surface area is 130 Å². The van der Waals surface area contributed by atoms with Crippen molar-refractivity contribution in [2.45, 2.75) is 26.5 Å². The third-order valence-corrected chi connectivity index (χ3v) is 3.49. The number of amides is 2. The minimum atomic E-state index is -0.416. The first-order valence-electron chi connectivity index (χ1n) is 7.42. The molecule has 0 aromatic carbocycles. The van der Waals surface area contributed by atoms with Crippen molar-refractivity contribution in [2.24, 2.45) is 0 Å². The molecule has 1 aromatic heterocycles. The topological polar surface area (TPSA) is 83.6 Å². The summed E-state index contributed by atoms with van der Waals surface area (Å²) in [5.74, 6) is 0.226. The third kappa shape index (κ3) is 4.78. The van der Waals surface area contributed by atoms with Crippen LogP contribution in [-0.2, 0) is 20.9 Å². The van der Waals surface area contributed by atoms with Crippen LogP contribution in [0.4, 0.5) is 5.82 Å². The minimum Gasteiger partial charge on any atom is -0.366 e. The maximum absolute atomic E-state index is 12.1. The van der Waals surface area contributed by atoms with Gasteiger partial charge in [0.25, 0.3) is 5.91 Å². The minimum absolute atomic E-state index is 0.107. The number of pyridine rings is 1. The summed E-state index contributed by atoms with van der Waals surface area (Å²) < 4.78 is 5.51. The van der Waals surface area contributed by atoms with Gasteiger partial charge in [-0.3, -0.25) is 14.5 Å². The Kier molecular flexibility index (Phi) is 5.85. The molecule has 1 saturated heterocycles. The first kappa shape index (κ1) is 16.4. The Morgan fingerprint density at radius 1 is 1.45 bits per heavy atom. The molecule has 1 atom stereocenters. The van der Waals surface area contributed by atoms with Crippen LogP contribution in [-0.4, -0.2) is 54.0 Å². The van der Waals surface area contributed by atoms with E-state index in [0.717, 1.165) is 18.7 Å². The van der Waals surface area contributed by atoms with Gasteiger partial charge in [-0.2, -0.15) is 0 Å². The molecular weight excluding hydrogens is 284 g/mol. The Hall–Kier alpha value is -1.99. The first-order chi connectivity index (χ1) is 10.6. The standard InChI is InChI=1S/C15H22N4O3/c1-3-19-6-7-22-13(10-19)15(21)17-9-12-4-5-14(16-8-12)18-11(2)20/h4-5,8,13H,3,6-7,9-10H2,1-2H3,(H,17,21)(H,16,18,20). The van der Waals surface area contributed by atoms with Gasteiger partial charge < -0.3 is 15.4 Å². The fourth-order valence-corrected chi connectivity index (χ4v) is 2.23. The number of nitrogens with one attached hydrogen (secondary N) is 2. The highest BCUT2D eigenvalue weighted by Crippen LogP contribution is 2.07. The molecule has 1 aliphatic rings. The molecule has 1 aliphatic heterocycles. The van der Waals surface area contributed by atoms with Gasteiger partial charge >= 0.3 is 0 Å². The van der Waals surface area contributed by atoms with Crippen LogP contribution in [0.25, 0.3) is 0 Å². The molecule has 2 amide bonds. The highest BCUT2D eigenvalue weighted by atomic mass is 16.5. The molecule has 0 saturated carbocycles. The third-order valence-electron chi connectivity index (χ3n) is 3.49. The number of hydrogen-bond donors (Lipinski definition) is 2. The summed E-state index contributed by atoms with van der Waals surface area (Å²) in [5, 5.41) is 5.45. The van der Waals surface area contributed by atoms with Crippen molar-refractivity contribution in [3.63, 3.8) is 0 Å². The highest BCUT2D eigenvalue weighted by Gasteiger charge is 2.25. The molecule has 22 heavy (non-hydrogen) atoms. The van der Waals surface area contributed by atoms with Crippen LogP contribution in [0.3, 0.4) is 0 Å². The van der Waals surface area contributed by atoms with E-state index in [1.807, 2.05) is 6.07 Å². The highest BCUT2D eigenvalue weighted by molar-refractivity contribution is 5.87. The maximum atomic E-state index is 12.1. The van der Waals surface area contributed by atoms with Crippen LogP contribution in [0.15, 0.2) is 18.3 Å². The molecule has 7 heteroatoms. The average molecular weight is 306 g/mol. The van der Waals surface area contributed by atoms with E-state index >= 15 is 0 Å². The van der Waals surface area contributed by atoms with E-state index in [-0.39, 0.29) is 11.8 Å². The second-order valence-corrected chi connectivity index (χ2v) is 5.20. The Morgan fingerprint density at radius 3 is 2.91 bits per heavy atom. The lowest BCUT2D eigenvalue weighted by molar-refractivity contribution is -0.138. The second-order valence-electron chi connectivity index (χ2n) is 5.20. The molecule has 2 rings (SSSR count). The van der Waals surface area contributed by atoms with Crippen LogP contribution >= 0.6 is 0 Å². The number of anilines is 1. The average Bonchev–Trinajstić information content (AvgIpc) is 2.53. The molecule has 7 nitrogen and oxygen atoms in total. The molecule has 1 fully saturated rings. The lowest BCUT2D eigenvalue weighted by atomic mass is 10.2. The van der Waals surface area contributed by atoms with Crippen molar-refractivity contribution >= 4 is 17.6 Å². The number of aromatic nitrogens is 1. The molecule has 2 N–H and O–H groups in total. The number of carbonyl (C=O) groups is 2. The zero-order valence-corrected chi connectivity index (χ0v) is 13.0. The van der Waals surface area contributed by atoms with Crippen LogP contribution in [0.1, 0.15) is 19.4 Å². The van der Waals surface area contributed by atoms with Gasteiger partial charge in [-0.25, -0.2) is 4.98 Å². The second kappa shape index (κ2) is 7.86. The first-order valence-corrected chi connectivity index (χ1v) is 7.42. The van der Waals surface area contributed by atoms with Crippen molar-refractivity contribution in [3.05, 3.63) is 23.9 Å². The predicted molar refractivity (Wildman–Crippen MR) is 82.2 cm³/mol. The maximum Gasteiger partial charge on any atom is 0.250 e. The number of hydrogen-bond acceptors (Lipinski definition) is 5. The zero-order valence-electron chi connectivity index (χ0n) is 13.0. The van der Waals surface area contributed by atoms with Crippen molar-refractivity contribution in [1.29, 1.82) is 0 Å². The molecule has 0 aliphatic carbocycles. The van der Waals surface area contributed by atoms with Crippen molar-refractivity contribution in [3.8, 4) is 0 Å². The lowest BCUT2D eigenvalue weighted by Gasteiger charge is -2.31. The van der Waals surface area contributed by atoms with Crippen molar-refractivity contribution < 1.29 is 14.3 Å². The summed E-state index contributed by atoms with van der Waals surface area (Å²) in [6, 6.07) is 3.53. The fourth-order valence-electron chi connectivity index (χ4n) is 2.23. The van der Waals surface area contributed by atoms with E-state index in [4.69, 9.17) is 4.74 Å². The lowest BCUT2D eigenvalue weighted by Crippen LogP contribution is -2.49. The van der Waals surface area contributed by atoms with E-state index in [2.05, 4.69) is 27.4 Å². The molecule has 0 spiro atoms. The molecular formula is C15H22N4O3. The quantitative estimate of drug-likeness (QED) is 0.821. The Balaban J connectivity index is 1.81. The van der Waals surface area contributed by atoms with E-state index in [1.165, 1.54) is 6.92 Å². The number of ether oxygens (including phenoxy) is 1. The number of carbonyl (C=O) groups excluding carboxylic acids is 2. The molecule has 0 bridgehead atoms. The van der Waals surface area contributed by atoms with E-state index in [1.54, 1.807) is 12.3 Å². The Bertz CT molecular complexity index is 518. The van der Waals surface area contributed by atoms with Crippen LogP contribution in [0.2, 0.25) is 0 Å². The summed E-state index contributed by atoms with van der Waals surface area (Å²) in [6.45, 7) is 6.89. The number of likely N-dealkylation sites (N-methyl/N-ethyl adjacent to an activating group) is 1. The number of morpholine rings is 1. The predicted octanol–water partition coefficient (Wildman–Crippen LogP) is 0.377. The van der Waals surface area contributed by atoms with Gasteiger partial charge in [-0.15, -0.1) is 0 Å². The molecule has 1 unspecified atom stereocenters. The normalized spacial score (nSPS) is 18.7. The van der Waals surface area contributed by atoms with Crippen LogP contribution in [0, 0.1) is 0 Å². The van der Waals surface area contributed by atoms with E-state index < -0.39 is 6.10 Å². The van der Waals surface area contributed by atoms with Crippen molar-refractivity contribution in [1.82, 2.24) is 15.2 Å². The van der Waals surface area contributed by atoms with E-state index in [0.29, 0.717) is 25.5 Å². The number of rotatable bonds is 5. The summed E-state index contributed by atoms with van der Waals surface area (Å²) >= 11 is 0. The van der Waals surface area contributed by atoms with Crippen LogP contribution in [0.5, 0.6) is 0 Å². The van der Waals surface area contributed by atoms with Gasteiger partial charge in [0.2, 0.25) is 5.91 Å². The van der Waals surface area contributed by atoms with Gasteiger partial charge in [0, 0.05) is 32.8 Å². The van der Waals surface area contributed by atoms with Gasteiger partial charge in [0.15, 0.2) is 0 Å². The monoisotopic (exact) mass is 306 g/mol. The van der Waals surface area contributed by atoms with Gasteiger partial charge in [0.1, 0.15) is 11.9 Å². The van der Waals surface area contributed by atoms with Crippen LogP contribution < -0.4 is 10.6 Å². The van der Waals surface area contributed by atoms with Crippen molar-refractivity contribution in [2.75, 3.05) is 31.6 Å². The summed E-state index contributed by atoms with van der Waals surface area (Å²) in [5.41, 5.74) is 0.866. The Morgan fingerprint density at radius 2 is 2.27 bits per heavy atom. The summed E-state index contributed by atoms with van der Waals surface area (Å²) in [6.07, 6.45) is 1.21. The van der Waals surface area contributed by atoms with E-state index in [9.17, 15) is 9.59 Å². The fraction of sp³-hybridized carbons (Fsp3) is 0.533. The molecule has 0 radical (unpaired) electrons. The van der Waals surface area contributed by atoms with Gasteiger partial charge in [0.05, 0.1) is 6.61 Å². The zero-order chi connectivity index (χ0) is 15.9. The SMILES string of the molecule is CCN1CCOC(C(=O)NCc2ccc(NC(C)=O)nc2)C1. The largest absolute Gasteiger partial charge is 0.366 e. The molecule has 120 valence electrons. The summed E-state index contributed by atoms with van der Waals surface area (Å²) in [7, 11) is 0. The molecule has 2 heterocycles. The smallest absolute Gasteiger partial charge is 0.250 e.